The molecule has 0 saturated carbocycles. The lowest BCUT2D eigenvalue weighted by Gasteiger charge is -2.38. The zero-order valence-corrected chi connectivity index (χ0v) is 18.9. The number of para-hydroxylation sites is 2. The summed E-state index contributed by atoms with van der Waals surface area (Å²) in [6, 6.07) is 22.4. The molecule has 1 fully saturated rings. The van der Waals surface area contributed by atoms with Gasteiger partial charge in [0.15, 0.2) is 5.58 Å². The third kappa shape index (κ3) is 5.14. The number of halogens is 1. The van der Waals surface area contributed by atoms with Crippen LogP contribution < -0.4 is 9.47 Å². The predicted octanol–water partition coefficient (Wildman–Crippen LogP) is 5.64. The first kappa shape index (κ1) is 21.8. The Bertz CT molecular complexity index is 1170. The van der Waals surface area contributed by atoms with Crippen LogP contribution in [0, 0.1) is 0 Å². The highest BCUT2D eigenvalue weighted by Crippen LogP contribution is 2.33. The number of hydrogen-bond acceptors (Lipinski definition) is 6. The maximum Gasteiger partial charge on any atom is 0.400 e. The van der Waals surface area contributed by atoms with E-state index in [1.54, 1.807) is 0 Å². The molecule has 1 aliphatic rings. The Morgan fingerprint density at radius 3 is 2.36 bits per heavy atom. The normalized spacial score (nSPS) is 16.1. The first-order valence-corrected chi connectivity index (χ1v) is 11.4. The summed E-state index contributed by atoms with van der Waals surface area (Å²) in [6.07, 6.45) is 1.60. The molecule has 0 spiro atoms. The highest BCUT2D eigenvalue weighted by molar-refractivity contribution is 6.30. The molecule has 0 unspecified atom stereocenters. The molecule has 1 aliphatic heterocycles. The summed E-state index contributed by atoms with van der Waals surface area (Å²) in [5.74, 6) is 1.40. The third-order valence-corrected chi connectivity index (χ3v) is 6.30. The lowest BCUT2D eigenvalue weighted by Crippen LogP contribution is -2.43. The number of aromatic nitrogens is 1. The van der Waals surface area contributed by atoms with Gasteiger partial charge in [0.2, 0.25) is 0 Å². The van der Waals surface area contributed by atoms with Crippen LogP contribution >= 0.6 is 11.6 Å². The molecule has 6 nitrogen and oxygen atoms in total. The second-order valence-corrected chi connectivity index (χ2v) is 8.69. The Morgan fingerprint density at radius 1 is 0.939 bits per heavy atom. The standard InChI is InChI=1S/C26H25ClN2O4/c27-20-7-5-19(6-8-20)26(30)13-15-29(16-14-26)17-18-31-21-9-11-22(12-10-21)32-25-28-23-3-1-2-4-24(23)33-25/h1-12,30H,13-18H2. The summed E-state index contributed by atoms with van der Waals surface area (Å²) in [5, 5.41) is 11.7. The van der Waals surface area contributed by atoms with Gasteiger partial charge in [0, 0.05) is 24.7 Å². The Balaban J connectivity index is 1.08. The van der Waals surface area contributed by atoms with Crippen LogP contribution in [0.1, 0.15) is 18.4 Å². The van der Waals surface area contributed by atoms with Gasteiger partial charge in [0.1, 0.15) is 23.6 Å². The maximum absolute atomic E-state index is 11.0. The zero-order valence-electron chi connectivity index (χ0n) is 18.1. The SMILES string of the molecule is OC1(c2ccc(Cl)cc2)CCN(CCOc2ccc(Oc3nc4ccccc4o3)cc2)CC1. The van der Waals surface area contributed by atoms with Crippen molar-refractivity contribution in [3.8, 4) is 17.6 Å². The van der Waals surface area contributed by atoms with E-state index in [0.29, 0.717) is 35.8 Å². The molecule has 0 bridgehead atoms. The predicted molar refractivity (Wildman–Crippen MR) is 127 cm³/mol. The van der Waals surface area contributed by atoms with E-state index in [1.165, 1.54) is 0 Å². The van der Waals surface area contributed by atoms with Gasteiger partial charge in [-0.05, 0) is 66.9 Å². The molecule has 0 amide bonds. The highest BCUT2D eigenvalue weighted by atomic mass is 35.5. The Kier molecular flexibility index (Phi) is 6.22. The Morgan fingerprint density at radius 2 is 1.64 bits per heavy atom. The summed E-state index contributed by atoms with van der Waals surface area (Å²) < 4.78 is 17.2. The minimum atomic E-state index is -0.785. The molecule has 1 N–H and O–H groups in total. The zero-order chi connectivity index (χ0) is 22.7. The van der Waals surface area contributed by atoms with Gasteiger partial charge in [0.25, 0.3) is 0 Å². The van der Waals surface area contributed by atoms with Crippen LogP contribution in [-0.4, -0.2) is 41.2 Å². The number of aliphatic hydroxyl groups is 1. The van der Waals surface area contributed by atoms with E-state index in [1.807, 2.05) is 72.8 Å². The molecule has 1 saturated heterocycles. The number of benzene rings is 3. The van der Waals surface area contributed by atoms with Crippen LogP contribution in [0.2, 0.25) is 5.02 Å². The smallest absolute Gasteiger partial charge is 0.400 e. The van der Waals surface area contributed by atoms with E-state index in [0.717, 1.165) is 36.5 Å². The van der Waals surface area contributed by atoms with Crippen LogP contribution in [0.25, 0.3) is 11.1 Å². The van der Waals surface area contributed by atoms with Crippen LogP contribution in [0.15, 0.2) is 77.2 Å². The fraction of sp³-hybridized carbons (Fsp3) is 0.269. The lowest BCUT2D eigenvalue weighted by molar-refractivity contribution is -0.0278. The molecule has 170 valence electrons. The molecule has 0 aliphatic carbocycles. The summed E-state index contributed by atoms with van der Waals surface area (Å²) in [5.41, 5.74) is 1.60. The minimum Gasteiger partial charge on any atom is -0.492 e. The third-order valence-electron chi connectivity index (χ3n) is 6.04. The molecule has 5 rings (SSSR count). The number of ether oxygens (including phenoxy) is 2. The first-order chi connectivity index (χ1) is 16.1. The number of hydrogen-bond donors (Lipinski definition) is 1. The van der Waals surface area contributed by atoms with E-state index < -0.39 is 5.60 Å². The molecule has 1 aromatic heterocycles. The first-order valence-electron chi connectivity index (χ1n) is 11.0. The van der Waals surface area contributed by atoms with E-state index >= 15 is 0 Å². The van der Waals surface area contributed by atoms with Crippen molar-refractivity contribution >= 4 is 22.7 Å². The topological polar surface area (TPSA) is 68.0 Å². The van der Waals surface area contributed by atoms with Gasteiger partial charge in [-0.2, -0.15) is 4.98 Å². The molecular formula is C26H25ClN2O4. The molecule has 4 aromatic rings. The fourth-order valence-corrected chi connectivity index (χ4v) is 4.21. The Labute approximate surface area is 197 Å². The number of oxazole rings is 1. The van der Waals surface area contributed by atoms with Crippen molar-refractivity contribution in [1.29, 1.82) is 0 Å². The van der Waals surface area contributed by atoms with Crippen molar-refractivity contribution in [2.45, 2.75) is 18.4 Å². The molecule has 2 heterocycles. The van der Waals surface area contributed by atoms with Crippen molar-refractivity contribution < 1.29 is 19.0 Å². The van der Waals surface area contributed by atoms with Crippen LogP contribution in [0.3, 0.4) is 0 Å². The molecule has 0 atom stereocenters. The van der Waals surface area contributed by atoms with Gasteiger partial charge < -0.3 is 19.0 Å². The van der Waals surface area contributed by atoms with Crippen molar-refractivity contribution in [3.05, 3.63) is 83.4 Å². The van der Waals surface area contributed by atoms with Crippen molar-refractivity contribution in [3.63, 3.8) is 0 Å². The van der Waals surface area contributed by atoms with E-state index in [4.69, 9.17) is 25.5 Å². The van der Waals surface area contributed by atoms with Gasteiger partial charge in [-0.25, -0.2) is 0 Å². The van der Waals surface area contributed by atoms with Crippen LogP contribution in [0.5, 0.6) is 17.6 Å². The fourth-order valence-electron chi connectivity index (χ4n) is 4.09. The largest absolute Gasteiger partial charge is 0.492 e. The van der Waals surface area contributed by atoms with E-state index in [-0.39, 0.29) is 6.08 Å². The average Bonchev–Trinajstić information content (AvgIpc) is 3.24. The maximum atomic E-state index is 11.0. The monoisotopic (exact) mass is 464 g/mol. The number of fused-ring (bicyclic) bond motifs is 1. The van der Waals surface area contributed by atoms with E-state index in [9.17, 15) is 5.11 Å². The summed E-state index contributed by atoms with van der Waals surface area (Å²) in [4.78, 5) is 6.63. The lowest BCUT2D eigenvalue weighted by atomic mass is 9.84. The highest BCUT2D eigenvalue weighted by Gasteiger charge is 2.33. The Hall–Kier alpha value is -3.06. The molecule has 3 aromatic carbocycles. The van der Waals surface area contributed by atoms with Gasteiger partial charge in [0.05, 0.1) is 5.60 Å². The number of piperidine rings is 1. The number of likely N-dealkylation sites (tertiary alicyclic amines) is 1. The quantitative estimate of drug-likeness (QED) is 0.382. The van der Waals surface area contributed by atoms with Crippen LogP contribution in [0.4, 0.5) is 0 Å². The summed E-state index contributed by atoms with van der Waals surface area (Å²) >= 11 is 5.97. The van der Waals surface area contributed by atoms with Gasteiger partial charge in [-0.1, -0.05) is 35.9 Å². The number of nitrogens with zero attached hydrogens (tertiary/aromatic N) is 2. The second-order valence-electron chi connectivity index (χ2n) is 8.25. The van der Waals surface area contributed by atoms with Gasteiger partial charge in [-0.15, -0.1) is 0 Å². The van der Waals surface area contributed by atoms with Gasteiger partial charge >= 0.3 is 6.08 Å². The molecule has 0 radical (unpaired) electrons. The van der Waals surface area contributed by atoms with Crippen molar-refractivity contribution in [2.75, 3.05) is 26.2 Å². The minimum absolute atomic E-state index is 0.216. The summed E-state index contributed by atoms with van der Waals surface area (Å²) in [7, 11) is 0. The average molecular weight is 465 g/mol. The molecule has 33 heavy (non-hydrogen) atoms. The van der Waals surface area contributed by atoms with Crippen LogP contribution in [-0.2, 0) is 5.60 Å². The van der Waals surface area contributed by atoms with Crippen molar-refractivity contribution in [1.82, 2.24) is 9.88 Å². The number of rotatable bonds is 7. The summed E-state index contributed by atoms with van der Waals surface area (Å²) in [6.45, 7) is 3.02. The molecule has 7 heteroatoms. The second kappa shape index (κ2) is 9.43. The van der Waals surface area contributed by atoms with Crippen molar-refractivity contribution in [2.24, 2.45) is 0 Å². The van der Waals surface area contributed by atoms with Gasteiger partial charge in [-0.3, -0.25) is 4.90 Å². The molecular weight excluding hydrogens is 440 g/mol. The van der Waals surface area contributed by atoms with E-state index in [2.05, 4.69) is 9.88 Å².